The molecule has 0 radical (unpaired) electrons. The first-order valence-corrected chi connectivity index (χ1v) is 11.2. The SMILES string of the molecule is Cn1ncc([C@H]2C[C@@H](c3nc(-c4ccc(Cl)cc4F)c4nc(C(F)(F)F)n(C)c(=O)c4n3)CCO2)n1. The van der Waals surface area contributed by atoms with E-state index in [0.29, 0.717) is 29.7 Å². The number of aromatic nitrogens is 7. The van der Waals surface area contributed by atoms with Crippen LogP contribution in [0.1, 0.15) is 42.2 Å². The Hall–Kier alpha value is -3.45. The van der Waals surface area contributed by atoms with E-state index >= 15 is 0 Å². The van der Waals surface area contributed by atoms with Crippen LogP contribution in [0.5, 0.6) is 0 Å². The van der Waals surface area contributed by atoms with E-state index in [9.17, 15) is 22.4 Å². The van der Waals surface area contributed by atoms with Gasteiger partial charge in [-0.3, -0.25) is 9.36 Å². The van der Waals surface area contributed by atoms with Crippen molar-refractivity contribution < 1.29 is 22.3 Å². The van der Waals surface area contributed by atoms with Crippen LogP contribution in [0.2, 0.25) is 5.02 Å². The highest BCUT2D eigenvalue weighted by molar-refractivity contribution is 6.30. The molecule has 14 heteroatoms. The molecule has 1 saturated heterocycles. The summed E-state index contributed by atoms with van der Waals surface area (Å²) in [5.74, 6) is -2.45. The second kappa shape index (κ2) is 8.89. The lowest BCUT2D eigenvalue weighted by Gasteiger charge is -2.27. The summed E-state index contributed by atoms with van der Waals surface area (Å²) in [5.41, 5.74) is -1.60. The fourth-order valence-corrected chi connectivity index (χ4v) is 4.37. The van der Waals surface area contributed by atoms with Crippen LogP contribution >= 0.6 is 11.6 Å². The maximum Gasteiger partial charge on any atom is 0.449 e. The lowest BCUT2D eigenvalue weighted by Crippen LogP contribution is -2.29. The lowest BCUT2D eigenvalue weighted by molar-refractivity contribution is -0.147. The maximum absolute atomic E-state index is 14.9. The summed E-state index contributed by atoms with van der Waals surface area (Å²) < 4.78 is 62.0. The Morgan fingerprint density at radius 1 is 1.14 bits per heavy atom. The minimum Gasteiger partial charge on any atom is -0.372 e. The van der Waals surface area contributed by atoms with Crippen molar-refractivity contribution in [1.29, 1.82) is 0 Å². The van der Waals surface area contributed by atoms with Gasteiger partial charge in [-0.25, -0.2) is 19.3 Å². The number of nitrogens with zero attached hydrogens (tertiary/aromatic N) is 7. The number of alkyl halides is 3. The van der Waals surface area contributed by atoms with Crippen LogP contribution in [0.4, 0.5) is 17.6 Å². The standard InChI is InChI=1S/C22H18ClF4N7O2/c1-33-20(35)18-17(31-21(33)22(25,26)27)16(12-4-3-11(23)8-13(12)24)29-19(30-18)10-5-6-36-15(7-10)14-9-28-34(2)32-14/h3-4,8-10,15H,5-7H2,1-2H3/t10-,15+/m0/s1. The van der Waals surface area contributed by atoms with Crippen LogP contribution in [0.15, 0.2) is 29.2 Å². The van der Waals surface area contributed by atoms with E-state index in [1.54, 1.807) is 13.2 Å². The minimum absolute atomic E-state index is 0.0888. The molecule has 0 amide bonds. The predicted octanol–water partition coefficient (Wildman–Crippen LogP) is 3.97. The van der Waals surface area contributed by atoms with E-state index in [2.05, 4.69) is 25.1 Å². The molecule has 5 rings (SSSR count). The van der Waals surface area contributed by atoms with Crippen LogP contribution in [0, 0.1) is 5.82 Å². The number of hydrogen-bond donors (Lipinski definition) is 0. The molecule has 188 valence electrons. The molecule has 1 aromatic carbocycles. The lowest BCUT2D eigenvalue weighted by atomic mass is 9.93. The van der Waals surface area contributed by atoms with Gasteiger partial charge < -0.3 is 4.74 Å². The van der Waals surface area contributed by atoms with Crippen LogP contribution < -0.4 is 5.56 Å². The molecule has 0 aliphatic carbocycles. The third-order valence-corrected chi connectivity index (χ3v) is 6.22. The van der Waals surface area contributed by atoms with Crippen molar-refractivity contribution in [2.75, 3.05) is 6.61 Å². The number of hydrogen-bond acceptors (Lipinski definition) is 7. The first kappa shape index (κ1) is 24.3. The summed E-state index contributed by atoms with van der Waals surface area (Å²) in [6.07, 6.45) is -2.94. The van der Waals surface area contributed by atoms with Gasteiger partial charge in [0.25, 0.3) is 5.56 Å². The molecule has 4 aromatic rings. The predicted molar refractivity (Wildman–Crippen MR) is 120 cm³/mol. The third-order valence-electron chi connectivity index (χ3n) is 5.98. The zero-order valence-electron chi connectivity index (χ0n) is 18.9. The van der Waals surface area contributed by atoms with Gasteiger partial charge in [0.1, 0.15) is 34.7 Å². The number of rotatable bonds is 3. The van der Waals surface area contributed by atoms with E-state index in [1.807, 2.05) is 0 Å². The van der Waals surface area contributed by atoms with E-state index in [1.165, 1.54) is 16.9 Å². The quantitative estimate of drug-likeness (QED) is 0.375. The van der Waals surface area contributed by atoms with Gasteiger partial charge in [0, 0.05) is 37.2 Å². The van der Waals surface area contributed by atoms with Crippen molar-refractivity contribution in [3.8, 4) is 11.3 Å². The largest absolute Gasteiger partial charge is 0.449 e. The zero-order chi connectivity index (χ0) is 25.8. The summed E-state index contributed by atoms with van der Waals surface area (Å²) in [7, 11) is 2.63. The van der Waals surface area contributed by atoms with E-state index in [0.717, 1.165) is 13.1 Å². The molecule has 1 aliphatic rings. The molecule has 3 aromatic heterocycles. The Labute approximate surface area is 205 Å². The molecule has 0 bridgehead atoms. The van der Waals surface area contributed by atoms with Gasteiger partial charge >= 0.3 is 6.18 Å². The average Bonchev–Trinajstić information content (AvgIpc) is 3.26. The molecule has 36 heavy (non-hydrogen) atoms. The highest BCUT2D eigenvalue weighted by Gasteiger charge is 2.38. The van der Waals surface area contributed by atoms with Crippen molar-refractivity contribution in [2.24, 2.45) is 14.1 Å². The van der Waals surface area contributed by atoms with Crippen molar-refractivity contribution >= 4 is 22.6 Å². The van der Waals surface area contributed by atoms with Crippen molar-refractivity contribution in [2.45, 2.75) is 31.0 Å². The monoisotopic (exact) mass is 523 g/mol. The van der Waals surface area contributed by atoms with Crippen LogP contribution in [0.25, 0.3) is 22.3 Å². The molecule has 1 fully saturated rings. The maximum atomic E-state index is 14.9. The highest BCUT2D eigenvalue weighted by atomic mass is 35.5. The Kier molecular flexibility index (Phi) is 5.99. The smallest absolute Gasteiger partial charge is 0.372 e. The molecule has 0 saturated carbocycles. The minimum atomic E-state index is -4.93. The van der Waals surface area contributed by atoms with Crippen molar-refractivity contribution in [3.05, 3.63) is 62.9 Å². The number of ether oxygens (including phenoxy) is 1. The van der Waals surface area contributed by atoms with Gasteiger partial charge in [-0.15, -0.1) is 0 Å². The van der Waals surface area contributed by atoms with Gasteiger partial charge in [-0.2, -0.15) is 28.2 Å². The second-order valence-electron chi connectivity index (χ2n) is 8.39. The fraction of sp³-hybridized carbons (Fsp3) is 0.364. The van der Waals surface area contributed by atoms with Crippen LogP contribution in [0.3, 0.4) is 0 Å². The first-order chi connectivity index (χ1) is 17.0. The second-order valence-corrected chi connectivity index (χ2v) is 8.83. The third kappa shape index (κ3) is 4.32. The molecular weight excluding hydrogens is 506 g/mol. The van der Waals surface area contributed by atoms with Crippen LogP contribution in [-0.2, 0) is 25.0 Å². The van der Waals surface area contributed by atoms with Gasteiger partial charge in [0.2, 0.25) is 5.82 Å². The summed E-state index contributed by atoms with van der Waals surface area (Å²) in [6.45, 7) is 0.321. The molecule has 4 heterocycles. The number of fused-ring (bicyclic) bond motifs is 1. The normalized spacial score (nSPS) is 18.6. The molecule has 0 N–H and O–H groups in total. The Morgan fingerprint density at radius 3 is 2.58 bits per heavy atom. The topological polar surface area (TPSA) is 101 Å². The van der Waals surface area contributed by atoms with Gasteiger partial charge in [-0.05, 0) is 31.0 Å². The van der Waals surface area contributed by atoms with Gasteiger partial charge in [-0.1, -0.05) is 11.6 Å². The summed E-state index contributed by atoms with van der Waals surface area (Å²) in [4.78, 5) is 26.8. The Morgan fingerprint density at radius 2 is 1.92 bits per heavy atom. The molecule has 2 atom stereocenters. The zero-order valence-corrected chi connectivity index (χ0v) is 19.7. The molecule has 0 spiro atoms. The Balaban J connectivity index is 1.71. The van der Waals surface area contributed by atoms with Gasteiger partial charge in [0.15, 0.2) is 5.52 Å². The van der Waals surface area contributed by atoms with Crippen molar-refractivity contribution in [3.63, 3.8) is 0 Å². The van der Waals surface area contributed by atoms with Gasteiger partial charge in [0.05, 0.1) is 6.20 Å². The first-order valence-electron chi connectivity index (χ1n) is 10.8. The average molecular weight is 524 g/mol. The molecule has 0 unspecified atom stereocenters. The van der Waals surface area contributed by atoms with Crippen molar-refractivity contribution in [1.82, 2.24) is 34.5 Å². The number of halogens is 5. The number of aryl methyl sites for hydroxylation is 1. The number of benzene rings is 1. The molecular formula is C22H18ClF4N7O2. The molecule has 1 aliphatic heterocycles. The van der Waals surface area contributed by atoms with E-state index in [4.69, 9.17) is 16.3 Å². The summed E-state index contributed by atoms with van der Waals surface area (Å²) in [6, 6.07) is 3.66. The van der Waals surface area contributed by atoms with E-state index < -0.39 is 35.0 Å². The fourth-order valence-electron chi connectivity index (χ4n) is 4.22. The summed E-state index contributed by atoms with van der Waals surface area (Å²) in [5, 5.41) is 8.40. The Bertz CT molecular complexity index is 1540. The van der Waals surface area contributed by atoms with Crippen LogP contribution in [-0.4, -0.2) is 41.1 Å². The highest BCUT2D eigenvalue weighted by Crippen LogP contribution is 2.38. The molecule has 9 nitrogen and oxygen atoms in total. The van der Waals surface area contributed by atoms with E-state index in [-0.39, 0.29) is 33.5 Å². The summed E-state index contributed by atoms with van der Waals surface area (Å²) >= 11 is 5.87.